The maximum Gasteiger partial charge on any atom is 0.339 e. The lowest BCUT2D eigenvalue weighted by Crippen LogP contribution is -2.48. The number of piperazine rings is 1. The summed E-state index contributed by atoms with van der Waals surface area (Å²) in [5.74, 6) is 2.47. The predicted octanol–water partition coefficient (Wildman–Crippen LogP) is 3.27. The van der Waals surface area contributed by atoms with E-state index in [0.717, 1.165) is 29.3 Å². The first-order valence-corrected chi connectivity index (χ1v) is 15.2. The third-order valence-electron chi connectivity index (χ3n) is 7.74. The molecule has 6 rings (SSSR count). The molecule has 3 aliphatic rings. The van der Waals surface area contributed by atoms with E-state index in [2.05, 4.69) is 4.90 Å². The van der Waals surface area contributed by atoms with Crippen LogP contribution >= 0.6 is 0 Å². The Hall–Kier alpha value is -3.74. The molecule has 1 saturated heterocycles. The fourth-order valence-electron chi connectivity index (χ4n) is 5.67. The summed E-state index contributed by atoms with van der Waals surface area (Å²) in [4.78, 5) is 15.4. The monoisotopic (exact) mass is 584 g/mol. The molecule has 0 aliphatic carbocycles. The van der Waals surface area contributed by atoms with Crippen LogP contribution in [0.3, 0.4) is 0 Å². The number of esters is 1. The second kappa shape index (κ2) is 10.9. The van der Waals surface area contributed by atoms with E-state index in [1.54, 1.807) is 14.2 Å². The van der Waals surface area contributed by atoms with E-state index in [1.165, 1.54) is 10.6 Å². The van der Waals surface area contributed by atoms with E-state index in [1.807, 2.05) is 30.3 Å². The van der Waals surface area contributed by atoms with Crippen LogP contribution in [0.15, 0.2) is 30.3 Å². The standard InChI is InChI=1S/C29H32N2O9S/c1-35-23-14-19-20(15-24(23)36-2)28(37-12-4-7-30-8-10-31(11-9-30)41(3,33)34)21-16-38-29(32)27(21)26(19)18-5-6-22-25(13-18)40-17-39-22/h5-6,13-15H,4,7-12,16-17H2,1-3H3. The SMILES string of the molecule is COc1cc2c(OCCCN3CCN(S(C)(=O)=O)CC3)c3c(c(-c4ccc5c(c4)OCO5)c2cc1OC)C(=O)OC3. The summed E-state index contributed by atoms with van der Waals surface area (Å²) in [5, 5.41) is 1.53. The number of methoxy groups -OCH3 is 2. The van der Waals surface area contributed by atoms with Gasteiger partial charge in [0.15, 0.2) is 23.0 Å². The van der Waals surface area contributed by atoms with Crippen LogP contribution in [-0.2, 0) is 21.4 Å². The molecule has 3 aromatic carbocycles. The van der Waals surface area contributed by atoms with Gasteiger partial charge in [-0.25, -0.2) is 13.2 Å². The van der Waals surface area contributed by atoms with Gasteiger partial charge in [-0.3, -0.25) is 0 Å². The van der Waals surface area contributed by atoms with Crippen LogP contribution < -0.4 is 23.7 Å². The highest BCUT2D eigenvalue weighted by Crippen LogP contribution is 2.49. The highest BCUT2D eigenvalue weighted by atomic mass is 32.2. The van der Waals surface area contributed by atoms with Gasteiger partial charge in [0.1, 0.15) is 12.4 Å². The molecule has 0 radical (unpaired) electrons. The third kappa shape index (κ3) is 5.11. The van der Waals surface area contributed by atoms with E-state index in [9.17, 15) is 13.2 Å². The van der Waals surface area contributed by atoms with E-state index in [4.69, 9.17) is 28.4 Å². The van der Waals surface area contributed by atoms with Gasteiger partial charge < -0.3 is 33.3 Å². The molecular formula is C29H32N2O9S. The lowest BCUT2D eigenvalue weighted by atomic mass is 9.89. The second-order valence-electron chi connectivity index (χ2n) is 10.2. The Labute approximate surface area is 238 Å². The lowest BCUT2D eigenvalue weighted by molar-refractivity contribution is 0.0534. The Kier molecular flexibility index (Phi) is 7.30. The summed E-state index contributed by atoms with van der Waals surface area (Å²) in [7, 11) is -0.0250. The molecule has 0 spiro atoms. The molecule has 1 fully saturated rings. The maximum atomic E-state index is 13.2. The molecule has 12 heteroatoms. The number of cyclic esters (lactones) is 1. The van der Waals surface area contributed by atoms with Crippen LogP contribution in [0.5, 0.6) is 28.7 Å². The average molecular weight is 585 g/mol. The summed E-state index contributed by atoms with van der Waals surface area (Å²) in [6, 6.07) is 9.32. The molecule has 0 unspecified atom stereocenters. The summed E-state index contributed by atoms with van der Waals surface area (Å²) in [6.45, 7) is 3.73. The maximum absolute atomic E-state index is 13.2. The molecule has 0 atom stereocenters. The largest absolute Gasteiger partial charge is 0.493 e. The van der Waals surface area contributed by atoms with Crippen LogP contribution in [0, 0.1) is 0 Å². The number of nitrogens with zero attached hydrogens (tertiary/aromatic N) is 2. The van der Waals surface area contributed by atoms with Crippen LogP contribution in [-0.4, -0.2) is 90.2 Å². The van der Waals surface area contributed by atoms with Gasteiger partial charge >= 0.3 is 5.97 Å². The van der Waals surface area contributed by atoms with Crippen molar-refractivity contribution in [3.05, 3.63) is 41.5 Å². The molecule has 11 nitrogen and oxygen atoms in total. The number of carbonyl (C=O) groups excluding carboxylic acids is 1. The normalized spacial score (nSPS) is 17.0. The van der Waals surface area contributed by atoms with E-state index >= 15 is 0 Å². The number of carbonyl (C=O) groups is 1. The molecule has 3 aliphatic heterocycles. The Bertz CT molecular complexity index is 1610. The quantitative estimate of drug-likeness (QED) is 0.274. The van der Waals surface area contributed by atoms with Gasteiger partial charge in [0.05, 0.1) is 32.6 Å². The number of rotatable bonds is 9. The Morgan fingerprint density at radius 1 is 0.878 bits per heavy atom. The van der Waals surface area contributed by atoms with Gasteiger partial charge in [-0.15, -0.1) is 0 Å². The van der Waals surface area contributed by atoms with Crippen molar-refractivity contribution in [3.63, 3.8) is 0 Å². The fourth-order valence-corrected chi connectivity index (χ4v) is 6.50. The highest BCUT2D eigenvalue weighted by Gasteiger charge is 2.33. The second-order valence-corrected chi connectivity index (χ2v) is 12.1. The Morgan fingerprint density at radius 3 is 2.29 bits per heavy atom. The molecule has 41 heavy (non-hydrogen) atoms. The third-order valence-corrected chi connectivity index (χ3v) is 9.05. The van der Waals surface area contributed by atoms with Crippen molar-refractivity contribution in [3.8, 4) is 39.9 Å². The number of sulfonamides is 1. The number of fused-ring (bicyclic) bond motifs is 3. The molecule has 0 N–H and O–H groups in total. The van der Waals surface area contributed by atoms with Crippen molar-refractivity contribution >= 4 is 26.8 Å². The molecule has 0 bridgehead atoms. The number of benzene rings is 3. The van der Waals surface area contributed by atoms with Gasteiger partial charge in [0.2, 0.25) is 16.8 Å². The lowest BCUT2D eigenvalue weighted by Gasteiger charge is -2.33. The minimum Gasteiger partial charge on any atom is -0.493 e. The Morgan fingerprint density at radius 2 is 1.59 bits per heavy atom. The molecule has 0 saturated carbocycles. The molecule has 3 heterocycles. The number of hydrogen-bond acceptors (Lipinski definition) is 10. The van der Waals surface area contributed by atoms with Crippen LogP contribution in [0.1, 0.15) is 22.3 Å². The fraction of sp³-hybridized carbons (Fsp3) is 0.414. The van der Waals surface area contributed by atoms with Gasteiger partial charge in [0, 0.05) is 49.2 Å². The molecule has 0 amide bonds. The first-order chi connectivity index (χ1) is 19.8. The average Bonchev–Trinajstić information content (AvgIpc) is 3.60. The van der Waals surface area contributed by atoms with Gasteiger partial charge in [0.25, 0.3) is 0 Å². The predicted molar refractivity (Wildman–Crippen MR) is 151 cm³/mol. The molecule has 0 aromatic heterocycles. The van der Waals surface area contributed by atoms with Crippen molar-refractivity contribution in [2.75, 3.05) is 66.6 Å². The van der Waals surface area contributed by atoms with Crippen molar-refractivity contribution in [2.45, 2.75) is 13.0 Å². The minimum atomic E-state index is -3.17. The van der Waals surface area contributed by atoms with Crippen LogP contribution in [0.25, 0.3) is 21.9 Å². The van der Waals surface area contributed by atoms with Crippen molar-refractivity contribution < 1.29 is 41.6 Å². The first-order valence-electron chi connectivity index (χ1n) is 13.4. The van der Waals surface area contributed by atoms with Gasteiger partial charge in [-0.1, -0.05) is 6.07 Å². The zero-order valence-corrected chi connectivity index (χ0v) is 24.0. The number of hydrogen-bond donors (Lipinski definition) is 0. The molecule has 3 aromatic rings. The summed E-state index contributed by atoms with van der Waals surface area (Å²) in [6.07, 6.45) is 1.97. The van der Waals surface area contributed by atoms with Crippen LogP contribution in [0.2, 0.25) is 0 Å². The van der Waals surface area contributed by atoms with Gasteiger partial charge in [-0.05, 0) is 41.6 Å². The van der Waals surface area contributed by atoms with E-state index in [0.29, 0.717) is 78.2 Å². The van der Waals surface area contributed by atoms with Crippen LogP contribution in [0.4, 0.5) is 0 Å². The summed E-state index contributed by atoms with van der Waals surface area (Å²) >= 11 is 0. The zero-order valence-electron chi connectivity index (χ0n) is 23.2. The zero-order chi connectivity index (χ0) is 28.7. The van der Waals surface area contributed by atoms with Crippen molar-refractivity contribution in [2.24, 2.45) is 0 Å². The van der Waals surface area contributed by atoms with E-state index < -0.39 is 16.0 Å². The summed E-state index contributed by atoms with van der Waals surface area (Å²) < 4.78 is 59.4. The molecule has 218 valence electrons. The molecular weight excluding hydrogens is 552 g/mol. The van der Waals surface area contributed by atoms with Gasteiger partial charge in [-0.2, -0.15) is 4.31 Å². The van der Waals surface area contributed by atoms with E-state index in [-0.39, 0.29) is 13.4 Å². The van der Waals surface area contributed by atoms with Crippen molar-refractivity contribution in [1.29, 1.82) is 0 Å². The minimum absolute atomic E-state index is 0.0960. The van der Waals surface area contributed by atoms with Crippen molar-refractivity contribution in [1.82, 2.24) is 9.21 Å². The highest BCUT2D eigenvalue weighted by molar-refractivity contribution is 7.88. The topological polar surface area (TPSA) is 113 Å². The summed E-state index contributed by atoms with van der Waals surface area (Å²) in [5.41, 5.74) is 2.62. The Balaban J connectivity index is 1.34. The number of ether oxygens (including phenoxy) is 6. The first kappa shape index (κ1) is 27.4. The smallest absolute Gasteiger partial charge is 0.339 e.